The molecule has 0 radical (unpaired) electrons. The van der Waals surface area contributed by atoms with Crippen LogP contribution in [0.2, 0.25) is 0 Å². The van der Waals surface area contributed by atoms with Crippen LogP contribution in [0.4, 0.5) is 0 Å². The van der Waals surface area contributed by atoms with Gasteiger partial charge in [0.25, 0.3) is 0 Å². The van der Waals surface area contributed by atoms with E-state index in [0.29, 0.717) is 17.4 Å². The molecule has 1 atom stereocenters. The maximum atomic E-state index is 10.7. The smallest absolute Gasteiger partial charge is 0.310 e. The van der Waals surface area contributed by atoms with E-state index in [1.54, 1.807) is 31.2 Å². The Morgan fingerprint density at radius 2 is 2.08 bits per heavy atom. The summed E-state index contributed by atoms with van der Waals surface area (Å²) in [6.07, 6.45) is 0.675. The highest BCUT2D eigenvalue weighted by Crippen LogP contribution is 2.18. The Labute approximate surface area is 76.0 Å². The standard InChI is InChI=1S/C10H10O3/c1-7(10(12)13)9-5-3-2-4-8(9)6-11/h2-7H,1H3,(H,12,13). The van der Waals surface area contributed by atoms with Gasteiger partial charge in [-0.15, -0.1) is 0 Å². The molecule has 1 rings (SSSR count). The fourth-order valence-corrected chi connectivity index (χ4v) is 1.15. The summed E-state index contributed by atoms with van der Waals surface area (Å²) >= 11 is 0. The first-order valence-electron chi connectivity index (χ1n) is 3.93. The van der Waals surface area contributed by atoms with Gasteiger partial charge in [-0.3, -0.25) is 9.59 Å². The molecule has 0 aliphatic heterocycles. The third-order valence-electron chi connectivity index (χ3n) is 1.96. The lowest BCUT2D eigenvalue weighted by molar-refractivity contribution is -0.138. The minimum atomic E-state index is -0.922. The Bertz CT molecular complexity index is 331. The quantitative estimate of drug-likeness (QED) is 0.716. The fraction of sp³-hybridized carbons (Fsp3) is 0.200. The van der Waals surface area contributed by atoms with E-state index < -0.39 is 11.9 Å². The first-order chi connectivity index (χ1) is 6.16. The van der Waals surface area contributed by atoms with Crippen molar-refractivity contribution in [2.75, 3.05) is 0 Å². The van der Waals surface area contributed by atoms with Gasteiger partial charge in [-0.05, 0) is 12.5 Å². The molecule has 0 saturated heterocycles. The summed E-state index contributed by atoms with van der Waals surface area (Å²) in [4.78, 5) is 21.2. The van der Waals surface area contributed by atoms with Crippen molar-refractivity contribution >= 4 is 12.3 Å². The van der Waals surface area contributed by atoms with E-state index >= 15 is 0 Å². The van der Waals surface area contributed by atoms with E-state index in [4.69, 9.17) is 5.11 Å². The third kappa shape index (κ3) is 1.93. The van der Waals surface area contributed by atoms with Crippen LogP contribution in [-0.2, 0) is 4.79 Å². The van der Waals surface area contributed by atoms with Crippen LogP contribution in [-0.4, -0.2) is 17.4 Å². The molecule has 0 spiro atoms. The lowest BCUT2D eigenvalue weighted by Gasteiger charge is -2.08. The van der Waals surface area contributed by atoms with Crippen molar-refractivity contribution in [2.24, 2.45) is 0 Å². The van der Waals surface area contributed by atoms with Gasteiger partial charge in [-0.2, -0.15) is 0 Å². The van der Waals surface area contributed by atoms with Crippen LogP contribution in [0.1, 0.15) is 28.8 Å². The van der Waals surface area contributed by atoms with Gasteiger partial charge >= 0.3 is 5.97 Å². The predicted molar refractivity (Wildman–Crippen MR) is 47.9 cm³/mol. The van der Waals surface area contributed by atoms with E-state index in [9.17, 15) is 9.59 Å². The van der Waals surface area contributed by atoms with Crippen molar-refractivity contribution in [3.05, 3.63) is 35.4 Å². The zero-order chi connectivity index (χ0) is 9.84. The second-order valence-corrected chi connectivity index (χ2v) is 2.81. The molecule has 0 bridgehead atoms. The lowest BCUT2D eigenvalue weighted by atomic mass is 9.97. The summed E-state index contributed by atoms with van der Waals surface area (Å²) in [6, 6.07) is 6.70. The van der Waals surface area contributed by atoms with Crippen molar-refractivity contribution in [1.82, 2.24) is 0 Å². The Hall–Kier alpha value is -1.64. The Morgan fingerprint density at radius 1 is 1.46 bits per heavy atom. The number of carboxylic acid groups (broad SMARTS) is 1. The van der Waals surface area contributed by atoms with Gasteiger partial charge < -0.3 is 5.11 Å². The van der Waals surface area contributed by atoms with Gasteiger partial charge in [0.1, 0.15) is 6.29 Å². The number of carbonyl (C=O) groups is 2. The number of hydrogen-bond acceptors (Lipinski definition) is 2. The molecular formula is C10H10O3. The fourth-order valence-electron chi connectivity index (χ4n) is 1.15. The van der Waals surface area contributed by atoms with Crippen LogP contribution in [0.3, 0.4) is 0 Å². The van der Waals surface area contributed by atoms with Crippen LogP contribution in [0.15, 0.2) is 24.3 Å². The highest BCUT2D eigenvalue weighted by Gasteiger charge is 2.16. The lowest BCUT2D eigenvalue weighted by Crippen LogP contribution is -2.09. The topological polar surface area (TPSA) is 54.4 Å². The Balaban J connectivity index is 3.12. The van der Waals surface area contributed by atoms with Gasteiger partial charge in [-0.25, -0.2) is 0 Å². The summed E-state index contributed by atoms with van der Waals surface area (Å²) in [6.45, 7) is 1.56. The van der Waals surface area contributed by atoms with E-state index in [-0.39, 0.29) is 0 Å². The molecule has 1 aromatic rings. The molecule has 1 aromatic carbocycles. The summed E-state index contributed by atoms with van der Waals surface area (Å²) in [5, 5.41) is 8.74. The number of rotatable bonds is 3. The monoisotopic (exact) mass is 178 g/mol. The molecule has 0 heterocycles. The molecule has 0 aliphatic carbocycles. The zero-order valence-corrected chi connectivity index (χ0v) is 7.23. The SMILES string of the molecule is CC(C(=O)O)c1ccccc1C=O. The second-order valence-electron chi connectivity index (χ2n) is 2.81. The minimum Gasteiger partial charge on any atom is -0.481 e. The largest absolute Gasteiger partial charge is 0.481 e. The molecule has 0 fully saturated rings. The van der Waals surface area contributed by atoms with Crippen molar-refractivity contribution in [1.29, 1.82) is 0 Å². The first kappa shape index (κ1) is 9.45. The molecular weight excluding hydrogens is 168 g/mol. The summed E-state index contributed by atoms with van der Waals surface area (Å²) in [5.41, 5.74) is 1.00. The van der Waals surface area contributed by atoms with Crippen LogP contribution in [0.5, 0.6) is 0 Å². The summed E-state index contributed by atoms with van der Waals surface area (Å²) < 4.78 is 0. The highest BCUT2D eigenvalue weighted by atomic mass is 16.4. The number of carbonyl (C=O) groups excluding carboxylic acids is 1. The molecule has 68 valence electrons. The van der Waals surface area contributed by atoms with E-state index in [0.717, 1.165) is 0 Å². The molecule has 0 saturated carbocycles. The molecule has 1 unspecified atom stereocenters. The summed E-state index contributed by atoms with van der Waals surface area (Å²) in [7, 11) is 0. The van der Waals surface area contributed by atoms with Crippen molar-refractivity contribution in [3.8, 4) is 0 Å². The minimum absolute atomic E-state index is 0.442. The van der Waals surface area contributed by atoms with E-state index in [1.807, 2.05) is 0 Å². The zero-order valence-electron chi connectivity index (χ0n) is 7.23. The molecule has 3 heteroatoms. The van der Waals surface area contributed by atoms with Crippen molar-refractivity contribution in [3.63, 3.8) is 0 Å². The van der Waals surface area contributed by atoms with Crippen molar-refractivity contribution in [2.45, 2.75) is 12.8 Å². The van der Waals surface area contributed by atoms with Gasteiger partial charge in [0, 0.05) is 5.56 Å². The number of aliphatic carboxylic acids is 1. The third-order valence-corrected chi connectivity index (χ3v) is 1.96. The Morgan fingerprint density at radius 3 is 2.62 bits per heavy atom. The van der Waals surface area contributed by atoms with Crippen LogP contribution in [0.25, 0.3) is 0 Å². The molecule has 1 N–H and O–H groups in total. The predicted octanol–water partition coefficient (Wildman–Crippen LogP) is 1.69. The van der Waals surface area contributed by atoms with Crippen LogP contribution < -0.4 is 0 Å². The van der Waals surface area contributed by atoms with E-state index in [2.05, 4.69) is 0 Å². The Kier molecular flexibility index (Phi) is 2.80. The highest BCUT2D eigenvalue weighted by molar-refractivity contribution is 5.83. The van der Waals surface area contributed by atoms with Crippen molar-refractivity contribution < 1.29 is 14.7 Å². The van der Waals surface area contributed by atoms with Gasteiger partial charge in [0.15, 0.2) is 0 Å². The molecule has 0 aliphatic rings. The normalized spacial score (nSPS) is 12.1. The van der Waals surface area contributed by atoms with Crippen LogP contribution >= 0.6 is 0 Å². The summed E-state index contributed by atoms with van der Waals surface area (Å²) in [5.74, 6) is -1.56. The second kappa shape index (κ2) is 3.85. The number of carboxylic acids is 1. The van der Waals surface area contributed by atoms with Crippen LogP contribution in [0, 0.1) is 0 Å². The number of hydrogen-bond donors (Lipinski definition) is 1. The maximum Gasteiger partial charge on any atom is 0.310 e. The number of benzene rings is 1. The van der Waals surface area contributed by atoms with Gasteiger partial charge in [-0.1, -0.05) is 24.3 Å². The van der Waals surface area contributed by atoms with Gasteiger partial charge in [0.05, 0.1) is 5.92 Å². The first-order valence-corrected chi connectivity index (χ1v) is 3.93. The molecule has 0 aromatic heterocycles. The maximum absolute atomic E-state index is 10.7. The molecule has 0 amide bonds. The molecule has 13 heavy (non-hydrogen) atoms. The average molecular weight is 178 g/mol. The average Bonchev–Trinajstić information content (AvgIpc) is 2.16. The number of aldehydes is 1. The molecule has 3 nitrogen and oxygen atoms in total. The van der Waals surface area contributed by atoms with E-state index in [1.165, 1.54) is 0 Å². The van der Waals surface area contributed by atoms with Gasteiger partial charge in [0.2, 0.25) is 0 Å².